The van der Waals surface area contributed by atoms with Gasteiger partial charge in [-0.25, -0.2) is 9.97 Å². The van der Waals surface area contributed by atoms with Crippen molar-refractivity contribution >= 4 is 23.4 Å². The summed E-state index contributed by atoms with van der Waals surface area (Å²) in [6, 6.07) is 1.72. The molecule has 0 bridgehead atoms. The second-order valence-corrected chi connectivity index (χ2v) is 4.02. The molecule has 13 heavy (non-hydrogen) atoms. The van der Waals surface area contributed by atoms with Crippen LogP contribution >= 0.6 is 23.4 Å². The van der Waals surface area contributed by atoms with Crippen molar-refractivity contribution in [1.29, 1.82) is 0 Å². The molecule has 1 N–H and O–H groups in total. The summed E-state index contributed by atoms with van der Waals surface area (Å²) in [5.41, 5.74) is 0.875. The fourth-order valence-electron chi connectivity index (χ4n) is 0.881. The minimum Gasteiger partial charge on any atom is -0.396 e. The molecule has 0 atom stereocenters. The smallest absolute Gasteiger partial charge is 0.140 e. The zero-order valence-corrected chi connectivity index (χ0v) is 8.90. The normalized spacial score (nSPS) is 10.4. The Morgan fingerprint density at radius 2 is 2.31 bits per heavy atom. The van der Waals surface area contributed by atoms with Crippen LogP contribution in [0.5, 0.6) is 0 Å². The minimum atomic E-state index is 0.185. The Balaban J connectivity index is 2.56. The molecule has 0 saturated carbocycles. The first kappa shape index (κ1) is 10.8. The largest absolute Gasteiger partial charge is 0.396 e. The number of rotatable bonds is 4. The highest BCUT2D eigenvalue weighted by atomic mass is 35.5. The maximum absolute atomic E-state index is 8.57. The molecule has 0 saturated heterocycles. The molecular weight excluding hydrogens is 208 g/mol. The summed E-state index contributed by atoms with van der Waals surface area (Å²) >= 11 is 7.34. The van der Waals surface area contributed by atoms with Gasteiger partial charge in [-0.2, -0.15) is 11.8 Å². The number of hydrogen-bond acceptors (Lipinski definition) is 4. The first-order chi connectivity index (χ1) is 6.22. The van der Waals surface area contributed by atoms with E-state index in [4.69, 9.17) is 16.7 Å². The molecule has 0 aromatic carbocycles. The minimum absolute atomic E-state index is 0.185. The van der Waals surface area contributed by atoms with Crippen LogP contribution in [0.1, 0.15) is 11.5 Å². The molecule has 0 amide bonds. The van der Waals surface area contributed by atoms with Crippen LogP contribution < -0.4 is 0 Å². The van der Waals surface area contributed by atoms with Gasteiger partial charge in [0.25, 0.3) is 0 Å². The van der Waals surface area contributed by atoms with Crippen LogP contribution in [-0.2, 0) is 5.75 Å². The summed E-state index contributed by atoms with van der Waals surface area (Å²) in [7, 11) is 0. The van der Waals surface area contributed by atoms with Crippen molar-refractivity contribution < 1.29 is 5.11 Å². The van der Waals surface area contributed by atoms with E-state index >= 15 is 0 Å². The van der Waals surface area contributed by atoms with Crippen molar-refractivity contribution in [2.24, 2.45) is 0 Å². The maximum Gasteiger partial charge on any atom is 0.140 e. The van der Waals surface area contributed by atoms with Crippen LogP contribution in [-0.4, -0.2) is 27.4 Å². The van der Waals surface area contributed by atoms with Crippen LogP contribution in [0.4, 0.5) is 0 Å². The van der Waals surface area contributed by atoms with Gasteiger partial charge in [-0.3, -0.25) is 0 Å². The number of aliphatic hydroxyl groups excluding tert-OH is 1. The number of aliphatic hydroxyl groups is 1. The summed E-state index contributed by atoms with van der Waals surface area (Å²) in [6.07, 6.45) is 0. The van der Waals surface area contributed by atoms with Crippen molar-refractivity contribution in [1.82, 2.24) is 9.97 Å². The maximum atomic E-state index is 8.57. The average molecular weight is 219 g/mol. The highest BCUT2D eigenvalue weighted by Crippen LogP contribution is 2.11. The third kappa shape index (κ3) is 3.93. The van der Waals surface area contributed by atoms with Crippen LogP contribution in [0, 0.1) is 6.92 Å². The van der Waals surface area contributed by atoms with Crippen molar-refractivity contribution in [2.45, 2.75) is 12.7 Å². The van der Waals surface area contributed by atoms with Crippen LogP contribution in [0.15, 0.2) is 6.07 Å². The molecule has 1 aromatic rings. The Kier molecular flexibility index (Phi) is 4.48. The standard InChI is InChI=1S/C8H11ClN2OS/c1-6-4-7(9)11-8(10-6)5-13-3-2-12/h4,12H,2-3,5H2,1H3. The highest BCUT2D eigenvalue weighted by molar-refractivity contribution is 7.98. The first-order valence-electron chi connectivity index (χ1n) is 3.91. The van der Waals surface area contributed by atoms with Crippen LogP contribution in [0.25, 0.3) is 0 Å². The Bertz CT molecular complexity index is 263. The average Bonchev–Trinajstić information content (AvgIpc) is 2.03. The molecule has 0 radical (unpaired) electrons. The molecule has 72 valence electrons. The monoisotopic (exact) mass is 218 g/mol. The molecule has 1 rings (SSSR count). The van der Waals surface area contributed by atoms with Gasteiger partial charge < -0.3 is 5.11 Å². The van der Waals surface area contributed by atoms with Gasteiger partial charge in [-0.05, 0) is 13.0 Å². The quantitative estimate of drug-likeness (QED) is 0.617. The zero-order chi connectivity index (χ0) is 9.68. The molecule has 0 aliphatic carbocycles. The molecule has 3 nitrogen and oxygen atoms in total. The lowest BCUT2D eigenvalue weighted by Crippen LogP contribution is -1.96. The van der Waals surface area contributed by atoms with E-state index in [1.165, 1.54) is 0 Å². The predicted octanol–water partition coefficient (Wildman–Crippen LogP) is 1.66. The second-order valence-electron chi connectivity index (χ2n) is 2.52. The van der Waals surface area contributed by atoms with Gasteiger partial charge in [0.15, 0.2) is 0 Å². The number of aryl methyl sites for hydroxylation is 1. The van der Waals surface area contributed by atoms with E-state index in [9.17, 15) is 0 Å². The lowest BCUT2D eigenvalue weighted by atomic mass is 10.4. The van der Waals surface area contributed by atoms with Gasteiger partial charge >= 0.3 is 0 Å². The van der Waals surface area contributed by atoms with E-state index in [2.05, 4.69) is 9.97 Å². The third-order valence-electron chi connectivity index (χ3n) is 1.34. The number of halogens is 1. The second kappa shape index (κ2) is 5.42. The van der Waals surface area contributed by atoms with E-state index < -0.39 is 0 Å². The lowest BCUT2D eigenvalue weighted by molar-refractivity contribution is 0.322. The molecule has 1 aromatic heterocycles. The van der Waals surface area contributed by atoms with E-state index in [-0.39, 0.29) is 6.61 Å². The van der Waals surface area contributed by atoms with Crippen molar-refractivity contribution in [3.8, 4) is 0 Å². The van der Waals surface area contributed by atoms with Crippen molar-refractivity contribution in [2.75, 3.05) is 12.4 Å². The molecule has 0 unspecified atom stereocenters. The molecule has 0 spiro atoms. The number of hydrogen-bond donors (Lipinski definition) is 1. The van der Waals surface area contributed by atoms with Gasteiger partial charge in [0.05, 0.1) is 12.4 Å². The summed E-state index contributed by atoms with van der Waals surface area (Å²) in [4.78, 5) is 8.27. The fourth-order valence-corrected chi connectivity index (χ4v) is 1.72. The van der Waals surface area contributed by atoms with E-state index in [1.807, 2.05) is 6.92 Å². The topological polar surface area (TPSA) is 46.0 Å². The summed E-state index contributed by atoms with van der Waals surface area (Å²) < 4.78 is 0. The van der Waals surface area contributed by atoms with E-state index in [1.54, 1.807) is 17.8 Å². The SMILES string of the molecule is Cc1cc(Cl)nc(CSCCO)n1. The summed E-state index contributed by atoms with van der Waals surface area (Å²) in [5, 5.41) is 9.04. The van der Waals surface area contributed by atoms with Gasteiger partial charge in [-0.1, -0.05) is 11.6 Å². The van der Waals surface area contributed by atoms with Crippen molar-refractivity contribution in [3.63, 3.8) is 0 Å². The molecule has 0 aliphatic heterocycles. The first-order valence-corrected chi connectivity index (χ1v) is 5.44. The molecule has 1 heterocycles. The molecule has 0 fully saturated rings. The van der Waals surface area contributed by atoms with Crippen LogP contribution in [0.2, 0.25) is 5.15 Å². The van der Waals surface area contributed by atoms with Gasteiger partial charge in [0.1, 0.15) is 11.0 Å². The van der Waals surface area contributed by atoms with Gasteiger partial charge in [-0.15, -0.1) is 0 Å². The molecule has 0 aliphatic rings. The van der Waals surface area contributed by atoms with Gasteiger partial charge in [0.2, 0.25) is 0 Å². The van der Waals surface area contributed by atoms with E-state index in [0.29, 0.717) is 16.7 Å². The summed E-state index contributed by atoms with van der Waals surface area (Å²) in [5.74, 6) is 2.13. The Labute approximate surface area is 86.6 Å². The van der Waals surface area contributed by atoms with Crippen molar-refractivity contribution in [3.05, 3.63) is 22.7 Å². The lowest BCUT2D eigenvalue weighted by Gasteiger charge is -2.00. The van der Waals surface area contributed by atoms with E-state index in [0.717, 1.165) is 11.5 Å². The van der Waals surface area contributed by atoms with Crippen LogP contribution in [0.3, 0.4) is 0 Å². The number of nitrogens with zero attached hydrogens (tertiary/aromatic N) is 2. The Hall–Kier alpha value is -0.320. The molecular formula is C8H11ClN2OS. The molecule has 5 heteroatoms. The summed E-state index contributed by atoms with van der Waals surface area (Å²) in [6.45, 7) is 2.07. The Morgan fingerprint density at radius 3 is 2.92 bits per heavy atom. The predicted molar refractivity (Wildman–Crippen MR) is 55.0 cm³/mol. The highest BCUT2D eigenvalue weighted by Gasteiger charge is 2.00. The van der Waals surface area contributed by atoms with Gasteiger partial charge in [0, 0.05) is 11.4 Å². The fraction of sp³-hybridized carbons (Fsp3) is 0.500. The zero-order valence-electron chi connectivity index (χ0n) is 7.33. The number of aromatic nitrogens is 2. The number of thioether (sulfide) groups is 1. The third-order valence-corrected chi connectivity index (χ3v) is 2.46. The Morgan fingerprint density at radius 1 is 1.54 bits per heavy atom.